The van der Waals surface area contributed by atoms with E-state index in [0.29, 0.717) is 5.92 Å². The normalized spacial score (nSPS) is 24.9. The molecule has 2 heterocycles. The Balaban J connectivity index is 0.000000168. The van der Waals surface area contributed by atoms with Crippen LogP contribution >= 0.6 is 0 Å². The van der Waals surface area contributed by atoms with Crippen molar-refractivity contribution in [3.8, 4) is 11.3 Å². The maximum Gasteiger partial charge on any atom is 0.120 e. The molecule has 2 saturated carbocycles. The molecule has 0 amide bonds. The van der Waals surface area contributed by atoms with E-state index in [4.69, 9.17) is 4.42 Å². The van der Waals surface area contributed by atoms with Gasteiger partial charge in [-0.2, -0.15) is 0 Å². The molecule has 2 fully saturated rings. The number of aromatic nitrogens is 1. The van der Waals surface area contributed by atoms with Crippen LogP contribution in [0.4, 0.5) is 0 Å². The molecule has 5 heteroatoms. The van der Waals surface area contributed by atoms with Crippen LogP contribution in [0.3, 0.4) is 0 Å². The maximum atomic E-state index is 9.41. The van der Waals surface area contributed by atoms with E-state index >= 15 is 0 Å². The molecule has 6 rings (SSSR count). The van der Waals surface area contributed by atoms with Crippen LogP contribution in [-0.2, 0) is 20.1 Å². The minimum absolute atomic E-state index is 0. The van der Waals surface area contributed by atoms with E-state index in [2.05, 4.69) is 17.1 Å². The summed E-state index contributed by atoms with van der Waals surface area (Å²) < 4.78 is 5.97. The van der Waals surface area contributed by atoms with Gasteiger partial charge in [0.05, 0.1) is 17.8 Å². The molecular formula is C25H24IrNO3-. The molecule has 0 saturated heterocycles. The second-order valence-electron chi connectivity index (χ2n) is 8.04. The Morgan fingerprint density at radius 1 is 0.867 bits per heavy atom. The van der Waals surface area contributed by atoms with Crippen LogP contribution in [-0.4, -0.2) is 27.4 Å². The van der Waals surface area contributed by atoms with E-state index in [1.54, 1.807) is 6.20 Å². The van der Waals surface area contributed by atoms with E-state index in [1.165, 1.54) is 0 Å². The maximum absolute atomic E-state index is 9.41. The molecule has 2 aliphatic rings. The molecule has 0 bridgehead atoms. The number of para-hydroxylation sites is 1. The number of aliphatic hydroxyl groups excluding tert-OH is 2. The van der Waals surface area contributed by atoms with E-state index in [9.17, 15) is 10.2 Å². The van der Waals surface area contributed by atoms with Crippen molar-refractivity contribution in [1.82, 2.24) is 4.98 Å². The summed E-state index contributed by atoms with van der Waals surface area (Å²) in [6.45, 7) is 0. The molecule has 4 nitrogen and oxygen atoms in total. The van der Waals surface area contributed by atoms with Crippen LogP contribution in [0.25, 0.3) is 33.2 Å². The zero-order valence-electron chi connectivity index (χ0n) is 16.5. The van der Waals surface area contributed by atoms with Crippen LogP contribution in [0.5, 0.6) is 0 Å². The molecule has 1 radical (unpaired) electrons. The van der Waals surface area contributed by atoms with Crippen molar-refractivity contribution < 1.29 is 34.7 Å². The fraction of sp³-hybridized carbons (Fsp3) is 0.320. The Morgan fingerprint density at radius 2 is 1.60 bits per heavy atom. The van der Waals surface area contributed by atoms with E-state index < -0.39 is 0 Å². The summed E-state index contributed by atoms with van der Waals surface area (Å²) >= 11 is 0. The molecule has 0 aliphatic heterocycles. The van der Waals surface area contributed by atoms with Crippen molar-refractivity contribution in [2.75, 3.05) is 0 Å². The van der Waals surface area contributed by atoms with Crippen molar-refractivity contribution in [3.05, 3.63) is 66.9 Å². The Kier molecular flexibility index (Phi) is 6.35. The van der Waals surface area contributed by atoms with Gasteiger partial charge in [0.15, 0.2) is 0 Å². The van der Waals surface area contributed by atoms with Gasteiger partial charge in [-0.3, -0.25) is 0 Å². The smallest absolute Gasteiger partial charge is 0.120 e. The summed E-state index contributed by atoms with van der Waals surface area (Å²) in [6, 6.07) is 21.1. The van der Waals surface area contributed by atoms with Gasteiger partial charge in [0.1, 0.15) is 5.58 Å². The molecule has 2 aromatic heterocycles. The number of hydrogen-bond donors (Lipinski definition) is 2. The first-order valence-corrected chi connectivity index (χ1v) is 10.3. The van der Waals surface area contributed by atoms with Crippen LogP contribution in [0, 0.1) is 17.9 Å². The summed E-state index contributed by atoms with van der Waals surface area (Å²) in [6.07, 6.45) is 5.44. The van der Waals surface area contributed by atoms with Crippen molar-refractivity contribution in [2.45, 2.75) is 37.9 Å². The molecule has 2 aromatic carbocycles. The van der Waals surface area contributed by atoms with Gasteiger partial charge in [-0.1, -0.05) is 41.3 Å². The number of fused-ring (bicyclic) bond motifs is 4. The molecule has 2 N–H and O–H groups in total. The average molecular weight is 579 g/mol. The first kappa shape index (κ1) is 21.2. The zero-order valence-corrected chi connectivity index (χ0v) is 18.9. The number of furan rings is 1. The Bertz CT molecular complexity index is 1110. The quantitative estimate of drug-likeness (QED) is 0.313. The van der Waals surface area contributed by atoms with Crippen LogP contribution < -0.4 is 0 Å². The summed E-state index contributed by atoms with van der Waals surface area (Å²) in [5.41, 5.74) is 3.54. The minimum atomic E-state index is -0.206. The van der Waals surface area contributed by atoms with E-state index in [0.717, 1.165) is 58.9 Å². The number of nitrogens with zero attached hydrogens (tertiary/aromatic N) is 1. The Labute approximate surface area is 189 Å². The zero-order chi connectivity index (χ0) is 19.8. The van der Waals surface area contributed by atoms with Crippen molar-refractivity contribution >= 4 is 21.9 Å². The Morgan fingerprint density at radius 3 is 2.30 bits per heavy atom. The minimum Gasteiger partial charge on any atom is -0.501 e. The molecule has 4 aromatic rings. The predicted molar refractivity (Wildman–Crippen MR) is 113 cm³/mol. The largest absolute Gasteiger partial charge is 0.501 e. The van der Waals surface area contributed by atoms with Gasteiger partial charge >= 0.3 is 0 Å². The monoisotopic (exact) mass is 579 g/mol. The number of benzene rings is 2. The van der Waals surface area contributed by atoms with Crippen LogP contribution in [0.2, 0.25) is 0 Å². The first-order chi connectivity index (χ1) is 14.2. The first-order valence-electron chi connectivity index (χ1n) is 10.3. The van der Waals surface area contributed by atoms with Gasteiger partial charge in [0.2, 0.25) is 0 Å². The molecule has 2 unspecified atom stereocenters. The van der Waals surface area contributed by atoms with Gasteiger partial charge < -0.3 is 19.6 Å². The molecule has 2 atom stereocenters. The van der Waals surface area contributed by atoms with Gasteiger partial charge in [-0.25, -0.2) is 0 Å². The second-order valence-corrected chi connectivity index (χ2v) is 8.04. The van der Waals surface area contributed by atoms with Crippen molar-refractivity contribution in [2.24, 2.45) is 11.8 Å². The van der Waals surface area contributed by atoms with E-state index in [1.807, 2.05) is 48.5 Å². The SMILES string of the molecule is OC1CCC2CCC(O)C12.[Ir].[c-]1ccc2c(oc3ccccc32)c1-c1ccccn1. The number of pyridine rings is 1. The van der Waals surface area contributed by atoms with Gasteiger partial charge in [0.25, 0.3) is 0 Å². The third kappa shape index (κ3) is 3.83. The molecule has 30 heavy (non-hydrogen) atoms. The third-order valence-corrected chi connectivity index (χ3v) is 6.36. The molecule has 2 aliphatic carbocycles. The second kappa shape index (κ2) is 8.99. The molecular weight excluding hydrogens is 554 g/mol. The Hall–Kier alpha value is -2.04. The predicted octanol–water partition coefficient (Wildman–Crippen LogP) is 4.97. The number of hydrogen-bond acceptors (Lipinski definition) is 4. The topological polar surface area (TPSA) is 66.5 Å². The van der Waals surface area contributed by atoms with Gasteiger partial charge in [-0.15, -0.1) is 18.2 Å². The van der Waals surface area contributed by atoms with Gasteiger partial charge in [0, 0.05) is 37.6 Å². The van der Waals surface area contributed by atoms with Crippen molar-refractivity contribution in [3.63, 3.8) is 0 Å². The fourth-order valence-corrected chi connectivity index (χ4v) is 4.96. The molecule has 157 valence electrons. The fourth-order valence-electron chi connectivity index (χ4n) is 4.96. The summed E-state index contributed by atoms with van der Waals surface area (Å²) in [7, 11) is 0. The summed E-state index contributed by atoms with van der Waals surface area (Å²) in [4.78, 5) is 4.38. The van der Waals surface area contributed by atoms with Crippen LogP contribution in [0.15, 0.2) is 65.2 Å². The van der Waals surface area contributed by atoms with Gasteiger partial charge in [-0.05, 0) is 49.4 Å². The number of rotatable bonds is 1. The average Bonchev–Trinajstić information content (AvgIpc) is 3.44. The molecule has 0 spiro atoms. The van der Waals surface area contributed by atoms with Crippen LogP contribution in [0.1, 0.15) is 25.7 Å². The standard InChI is InChI=1S/C17H10NO.C8H14O2.Ir/c1-2-10-16-12(6-1)13-7-5-8-14(17(13)19-16)15-9-3-4-11-18-15;9-6-3-1-5-2-4-7(10)8(5)6;/h1-7,9-11H;5-10H,1-4H2;/q-1;;. The van der Waals surface area contributed by atoms with E-state index in [-0.39, 0.29) is 38.2 Å². The summed E-state index contributed by atoms with van der Waals surface area (Å²) in [5, 5.41) is 21.1. The van der Waals surface area contributed by atoms with Crippen molar-refractivity contribution in [1.29, 1.82) is 0 Å². The summed E-state index contributed by atoms with van der Waals surface area (Å²) in [5.74, 6) is 0.852. The third-order valence-electron chi connectivity index (χ3n) is 6.36. The number of aliphatic hydroxyl groups is 2.